The summed E-state index contributed by atoms with van der Waals surface area (Å²) in [5.74, 6) is -0.804. The zero-order chi connectivity index (χ0) is 16.4. The van der Waals surface area contributed by atoms with E-state index in [1.165, 1.54) is 6.07 Å². The van der Waals surface area contributed by atoms with Crippen molar-refractivity contribution in [2.75, 3.05) is 26.3 Å². The highest BCUT2D eigenvalue weighted by atomic mass is 16.5. The zero-order valence-electron chi connectivity index (χ0n) is 12.3. The average Bonchev–Trinajstić information content (AvgIpc) is 2.60. The van der Waals surface area contributed by atoms with Crippen LogP contribution in [0.4, 0.5) is 0 Å². The number of morpholine rings is 1. The molecule has 0 radical (unpaired) electrons. The molecule has 0 unspecified atom stereocenters. The van der Waals surface area contributed by atoms with Crippen LogP contribution in [0.2, 0.25) is 0 Å². The number of nitrogens with two attached hydrogens (primary N) is 1. The molecule has 2 heterocycles. The van der Waals surface area contributed by atoms with E-state index < -0.39 is 5.91 Å². The van der Waals surface area contributed by atoms with Crippen molar-refractivity contribution in [2.24, 2.45) is 5.73 Å². The number of pyridine rings is 1. The van der Waals surface area contributed by atoms with E-state index in [1.54, 1.807) is 23.1 Å². The van der Waals surface area contributed by atoms with Crippen molar-refractivity contribution in [1.82, 2.24) is 9.88 Å². The Morgan fingerprint density at radius 3 is 2.61 bits per heavy atom. The van der Waals surface area contributed by atoms with Gasteiger partial charge < -0.3 is 15.4 Å². The van der Waals surface area contributed by atoms with E-state index in [1.807, 2.05) is 0 Å². The van der Waals surface area contributed by atoms with Crippen LogP contribution in [0.15, 0.2) is 24.3 Å². The van der Waals surface area contributed by atoms with Crippen molar-refractivity contribution in [3.63, 3.8) is 0 Å². The van der Waals surface area contributed by atoms with Gasteiger partial charge in [0.1, 0.15) is 5.69 Å². The lowest BCUT2D eigenvalue weighted by Gasteiger charge is -2.27. The van der Waals surface area contributed by atoms with E-state index in [0.29, 0.717) is 49.1 Å². The average molecular weight is 313 g/mol. The lowest BCUT2D eigenvalue weighted by atomic mass is 10.0. The summed E-state index contributed by atoms with van der Waals surface area (Å²) in [4.78, 5) is 40.9. The van der Waals surface area contributed by atoms with Gasteiger partial charge in [-0.15, -0.1) is 0 Å². The lowest BCUT2D eigenvalue weighted by molar-refractivity contribution is 0.0303. The maximum absolute atomic E-state index is 12.5. The number of ether oxygens (including phenoxy) is 1. The van der Waals surface area contributed by atoms with Crippen LogP contribution in [0.5, 0.6) is 0 Å². The number of primary amides is 1. The summed E-state index contributed by atoms with van der Waals surface area (Å²) in [6, 6.07) is 6.17. The smallest absolute Gasteiger partial charge is 0.254 e. The third kappa shape index (κ3) is 2.91. The number of nitrogens with zero attached hydrogens (tertiary/aromatic N) is 2. The molecule has 0 atom stereocenters. The van der Waals surface area contributed by atoms with Crippen LogP contribution in [0.25, 0.3) is 10.9 Å². The first kappa shape index (κ1) is 15.1. The van der Waals surface area contributed by atoms with Crippen LogP contribution < -0.4 is 5.73 Å². The summed E-state index contributed by atoms with van der Waals surface area (Å²) in [6.07, 6.45) is 0.554. The van der Waals surface area contributed by atoms with Gasteiger partial charge in [0.25, 0.3) is 5.91 Å². The molecule has 1 aromatic carbocycles. The predicted molar refractivity (Wildman–Crippen MR) is 82.4 cm³/mol. The Hall–Kier alpha value is -2.80. The first-order valence-corrected chi connectivity index (χ1v) is 7.17. The van der Waals surface area contributed by atoms with Crippen molar-refractivity contribution in [3.8, 4) is 0 Å². The molecule has 7 nitrogen and oxygen atoms in total. The Morgan fingerprint density at radius 2 is 1.96 bits per heavy atom. The minimum Gasteiger partial charge on any atom is -0.378 e. The third-order valence-corrected chi connectivity index (χ3v) is 3.76. The Bertz CT molecular complexity index is 797. The van der Waals surface area contributed by atoms with Crippen LogP contribution in [-0.4, -0.2) is 54.3 Å². The van der Waals surface area contributed by atoms with E-state index in [4.69, 9.17) is 10.5 Å². The second-order valence-corrected chi connectivity index (χ2v) is 5.21. The molecule has 0 saturated carbocycles. The molecule has 0 aliphatic carbocycles. The van der Waals surface area contributed by atoms with Crippen LogP contribution in [-0.2, 0) is 4.74 Å². The second kappa shape index (κ2) is 6.13. The molecule has 0 spiro atoms. The molecule has 0 bridgehead atoms. The van der Waals surface area contributed by atoms with Crippen molar-refractivity contribution in [2.45, 2.75) is 0 Å². The Kier molecular flexibility index (Phi) is 4.03. The van der Waals surface area contributed by atoms with Crippen LogP contribution in [0.1, 0.15) is 31.2 Å². The fourth-order valence-corrected chi connectivity index (χ4v) is 2.59. The van der Waals surface area contributed by atoms with Gasteiger partial charge >= 0.3 is 0 Å². The van der Waals surface area contributed by atoms with Gasteiger partial charge in [-0.1, -0.05) is 0 Å². The molecule has 1 aliphatic heterocycles. The van der Waals surface area contributed by atoms with E-state index >= 15 is 0 Å². The Morgan fingerprint density at radius 1 is 1.22 bits per heavy atom. The lowest BCUT2D eigenvalue weighted by Crippen LogP contribution is -2.40. The van der Waals surface area contributed by atoms with E-state index in [0.717, 1.165) is 0 Å². The van der Waals surface area contributed by atoms with E-state index in [2.05, 4.69) is 4.98 Å². The quantitative estimate of drug-likeness (QED) is 0.837. The fourth-order valence-electron chi connectivity index (χ4n) is 2.59. The van der Waals surface area contributed by atoms with Crippen LogP contribution >= 0.6 is 0 Å². The number of aromatic nitrogens is 1. The van der Waals surface area contributed by atoms with Gasteiger partial charge in [-0.25, -0.2) is 4.98 Å². The van der Waals surface area contributed by atoms with Crippen molar-refractivity contribution < 1.29 is 19.1 Å². The minimum absolute atomic E-state index is 0.124. The SMILES string of the molecule is NC(=O)c1cc(C=O)nc2ccc(C(=O)N3CCOCC3)cc12. The summed E-state index contributed by atoms with van der Waals surface area (Å²) in [5, 5.41) is 0.460. The normalized spacial score (nSPS) is 14.7. The van der Waals surface area contributed by atoms with Gasteiger partial charge in [-0.2, -0.15) is 0 Å². The molecule has 2 N–H and O–H groups in total. The van der Waals surface area contributed by atoms with Gasteiger partial charge in [0, 0.05) is 24.0 Å². The van der Waals surface area contributed by atoms with Crippen molar-refractivity contribution in [3.05, 3.63) is 41.1 Å². The molecule has 1 aromatic heterocycles. The largest absolute Gasteiger partial charge is 0.378 e. The molecular weight excluding hydrogens is 298 g/mol. The first-order valence-electron chi connectivity index (χ1n) is 7.17. The third-order valence-electron chi connectivity index (χ3n) is 3.76. The van der Waals surface area contributed by atoms with Crippen molar-refractivity contribution >= 4 is 29.0 Å². The second-order valence-electron chi connectivity index (χ2n) is 5.21. The summed E-state index contributed by atoms with van der Waals surface area (Å²) in [5.41, 5.74) is 6.57. The van der Waals surface area contributed by atoms with E-state index in [9.17, 15) is 14.4 Å². The van der Waals surface area contributed by atoms with E-state index in [-0.39, 0.29) is 17.2 Å². The molecule has 1 saturated heterocycles. The van der Waals surface area contributed by atoms with Crippen LogP contribution in [0.3, 0.4) is 0 Å². The molecular formula is C16H15N3O4. The standard InChI is InChI=1S/C16H15N3O4/c17-15(21)13-8-11(9-20)18-14-2-1-10(7-12(13)14)16(22)19-3-5-23-6-4-19/h1-2,7-9H,3-6H2,(H2,17,21). The maximum atomic E-state index is 12.5. The molecule has 3 rings (SSSR count). The van der Waals surface area contributed by atoms with Gasteiger partial charge in [0.2, 0.25) is 5.91 Å². The minimum atomic E-state index is -0.670. The number of aldehydes is 1. The first-order chi connectivity index (χ1) is 11.1. The highest BCUT2D eigenvalue weighted by Gasteiger charge is 2.20. The summed E-state index contributed by atoms with van der Waals surface area (Å²) >= 11 is 0. The Labute approximate surface area is 132 Å². The maximum Gasteiger partial charge on any atom is 0.254 e. The molecule has 23 heavy (non-hydrogen) atoms. The molecule has 7 heteroatoms. The number of carbonyl (C=O) groups excluding carboxylic acids is 3. The number of carbonyl (C=O) groups is 3. The number of hydrogen-bond donors (Lipinski definition) is 1. The summed E-state index contributed by atoms with van der Waals surface area (Å²) in [7, 11) is 0. The van der Waals surface area contributed by atoms with Gasteiger partial charge in [-0.3, -0.25) is 14.4 Å². The van der Waals surface area contributed by atoms with Gasteiger partial charge in [0.05, 0.1) is 24.3 Å². The van der Waals surface area contributed by atoms with Gasteiger partial charge in [0.15, 0.2) is 6.29 Å². The van der Waals surface area contributed by atoms with Crippen LogP contribution in [0, 0.1) is 0 Å². The molecule has 1 fully saturated rings. The number of benzene rings is 1. The number of amides is 2. The number of fused-ring (bicyclic) bond motifs is 1. The molecule has 2 aromatic rings. The number of rotatable bonds is 3. The predicted octanol–water partition coefficient (Wildman–Crippen LogP) is 0.619. The Balaban J connectivity index is 2.06. The highest BCUT2D eigenvalue weighted by Crippen LogP contribution is 2.21. The van der Waals surface area contributed by atoms with Gasteiger partial charge in [-0.05, 0) is 24.3 Å². The highest BCUT2D eigenvalue weighted by molar-refractivity contribution is 6.08. The fraction of sp³-hybridized carbons (Fsp3) is 0.250. The zero-order valence-corrected chi connectivity index (χ0v) is 12.3. The molecule has 1 aliphatic rings. The van der Waals surface area contributed by atoms with Crippen molar-refractivity contribution in [1.29, 1.82) is 0 Å². The monoisotopic (exact) mass is 313 g/mol. The number of hydrogen-bond acceptors (Lipinski definition) is 5. The topological polar surface area (TPSA) is 103 Å². The molecule has 118 valence electrons. The molecule has 2 amide bonds. The summed E-state index contributed by atoms with van der Waals surface area (Å²) in [6.45, 7) is 2.08. The summed E-state index contributed by atoms with van der Waals surface area (Å²) < 4.78 is 5.23.